The number of fused-ring (bicyclic) bond motifs is 1. The van der Waals surface area contributed by atoms with E-state index in [0.29, 0.717) is 24.7 Å². The lowest BCUT2D eigenvalue weighted by Gasteiger charge is -2.11. The lowest BCUT2D eigenvalue weighted by molar-refractivity contribution is 0.305. The van der Waals surface area contributed by atoms with Crippen molar-refractivity contribution in [1.29, 1.82) is 0 Å². The molecule has 0 aliphatic heterocycles. The number of aromatic nitrogens is 3. The van der Waals surface area contributed by atoms with Gasteiger partial charge in [0, 0.05) is 41.4 Å². The highest BCUT2D eigenvalue weighted by atomic mass is 32.2. The Morgan fingerprint density at radius 1 is 1.03 bits per heavy atom. The lowest BCUT2D eigenvalue weighted by Crippen LogP contribution is -2.21. The van der Waals surface area contributed by atoms with Crippen LogP contribution in [-0.2, 0) is 23.0 Å². The molecule has 0 radical (unpaired) electrons. The van der Waals surface area contributed by atoms with Crippen molar-refractivity contribution >= 4 is 43.6 Å². The molecule has 11 heteroatoms. The van der Waals surface area contributed by atoms with E-state index in [0.717, 1.165) is 38.4 Å². The van der Waals surface area contributed by atoms with Gasteiger partial charge in [0.1, 0.15) is 45.2 Å². The number of benzene rings is 3. The van der Waals surface area contributed by atoms with Crippen molar-refractivity contribution in [3.63, 3.8) is 0 Å². The summed E-state index contributed by atoms with van der Waals surface area (Å²) < 4.78 is 41.7. The minimum absolute atomic E-state index is 0.0977. The highest BCUT2D eigenvalue weighted by Gasteiger charge is 2.10. The summed E-state index contributed by atoms with van der Waals surface area (Å²) >= 11 is 1.52. The van der Waals surface area contributed by atoms with Crippen LogP contribution in [0.15, 0.2) is 78.4 Å². The fourth-order valence-corrected chi connectivity index (χ4v) is 5.15. The molecule has 39 heavy (non-hydrogen) atoms. The Labute approximate surface area is 229 Å². The van der Waals surface area contributed by atoms with Crippen LogP contribution in [-0.4, -0.2) is 41.9 Å². The molecule has 2 N–H and O–H groups in total. The van der Waals surface area contributed by atoms with Gasteiger partial charge in [0.2, 0.25) is 0 Å². The Balaban J connectivity index is 1.23. The number of thiazole rings is 1. The molecule has 3 aromatic carbocycles. The summed E-state index contributed by atoms with van der Waals surface area (Å²) in [5.41, 5.74) is 4.15. The first-order valence-electron chi connectivity index (χ1n) is 12.1. The molecule has 0 saturated carbocycles. The average Bonchev–Trinajstić information content (AvgIpc) is 3.39. The van der Waals surface area contributed by atoms with E-state index in [1.165, 1.54) is 36.1 Å². The number of rotatable bonds is 11. The van der Waals surface area contributed by atoms with E-state index in [1.807, 2.05) is 53.9 Å². The van der Waals surface area contributed by atoms with Gasteiger partial charge in [0.25, 0.3) is 0 Å². The van der Waals surface area contributed by atoms with E-state index >= 15 is 0 Å². The summed E-state index contributed by atoms with van der Waals surface area (Å²) in [5.74, 6) is 1.16. The van der Waals surface area contributed by atoms with Gasteiger partial charge in [0.05, 0.1) is 17.0 Å². The van der Waals surface area contributed by atoms with Crippen LogP contribution < -0.4 is 15.4 Å². The van der Waals surface area contributed by atoms with Gasteiger partial charge in [-0.2, -0.15) is 0 Å². The molecule has 2 aromatic heterocycles. The zero-order valence-electron chi connectivity index (χ0n) is 21.1. The molecule has 8 nitrogen and oxygen atoms in total. The molecule has 5 rings (SSSR count). The quantitative estimate of drug-likeness (QED) is 0.207. The van der Waals surface area contributed by atoms with E-state index in [1.54, 1.807) is 6.07 Å². The monoisotopic (exact) mass is 563 g/mol. The number of sulfone groups is 1. The maximum Gasteiger partial charge on any atom is 0.148 e. The molecule has 0 atom stereocenters. The Morgan fingerprint density at radius 2 is 1.87 bits per heavy atom. The fraction of sp³-hybridized carbons (Fsp3) is 0.179. The summed E-state index contributed by atoms with van der Waals surface area (Å²) in [6, 6.07) is 19.7. The summed E-state index contributed by atoms with van der Waals surface area (Å²) in [6.07, 6.45) is 2.74. The second-order valence-corrected chi connectivity index (χ2v) is 12.2. The van der Waals surface area contributed by atoms with Crippen LogP contribution >= 0.6 is 11.3 Å². The predicted octanol–water partition coefficient (Wildman–Crippen LogP) is 5.35. The van der Waals surface area contributed by atoms with Crippen molar-refractivity contribution in [2.75, 3.05) is 23.9 Å². The molecule has 0 bridgehead atoms. The minimum atomic E-state index is -2.99. The van der Waals surface area contributed by atoms with Crippen molar-refractivity contribution in [1.82, 2.24) is 20.3 Å². The standard InChI is InChI=1S/C28H26FN5O3S2/c1-39(35,36)12-11-30-15-27-34-26(17-38-27)20-5-10-24-25(14-20)31-18-32-28(24)33-22-6-8-23(9-7-22)37-16-19-3-2-4-21(29)13-19/h2-10,13-14,17-18,30H,11-12,15-16H2,1H3,(H,31,32,33). The van der Waals surface area contributed by atoms with Crippen LogP contribution in [0.1, 0.15) is 10.6 Å². The van der Waals surface area contributed by atoms with Gasteiger partial charge in [-0.3, -0.25) is 0 Å². The summed E-state index contributed by atoms with van der Waals surface area (Å²) in [7, 11) is -2.99. The molecule has 0 aliphatic rings. The zero-order valence-corrected chi connectivity index (χ0v) is 22.7. The van der Waals surface area contributed by atoms with Crippen molar-refractivity contribution in [2.45, 2.75) is 13.2 Å². The van der Waals surface area contributed by atoms with E-state index in [4.69, 9.17) is 4.74 Å². The zero-order chi connectivity index (χ0) is 27.2. The van der Waals surface area contributed by atoms with Gasteiger partial charge in [0.15, 0.2) is 0 Å². The molecule has 0 aliphatic carbocycles. The van der Waals surface area contributed by atoms with E-state index in [9.17, 15) is 12.8 Å². The van der Waals surface area contributed by atoms with Gasteiger partial charge in [-0.25, -0.2) is 27.8 Å². The number of nitrogens with zero attached hydrogens (tertiary/aromatic N) is 3. The summed E-state index contributed by atoms with van der Waals surface area (Å²) in [6.45, 7) is 1.18. The van der Waals surface area contributed by atoms with E-state index < -0.39 is 9.84 Å². The smallest absolute Gasteiger partial charge is 0.148 e. The minimum Gasteiger partial charge on any atom is -0.489 e. The maximum absolute atomic E-state index is 13.4. The predicted molar refractivity (Wildman–Crippen MR) is 153 cm³/mol. The van der Waals surface area contributed by atoms with Crippen LogP contribution in [0.3, 0.4) is 0 Å². The SMILES string of the molecule is CS(=O)(=O)CCNCc1nc(-c2ccc3c(Nc4ccc(OCc5cccc(F)c5)cc4)ncnc3c2)cs1. The van der Waals surface area contributed by atoms with E-state index in [2.05, 4.69) is 25.6 Å². The molecule has 0 fully saturated rings. The molecule has 200 valence electrons. The second kappa shape index (κ2) is 11.9. The Hall–Kier alpha value is -3.93. The number of ether oxygens (including phenoxy) is 1. The molecule has 0 saturated heterocycles. The van der Waals surface area contributed by atoms with Gasteiger partial charge < -0.3 is 15.4 Å². The van der Waals surface area contributed by atoms with Crippen LogP contribution in [0.2, 0.25) is 0 Å². The first-order valence-corrected chi connectivity index (χ1v) is 15.1. The fourth-order valence-electron chi connectivity index (χ4n) is 3.86. The number of hydrogen-bond donors (Lipinski definition) is 2. The molecular formula is C28H26FN5O3S2. The molecular weight excluding hydrogens is 537 g/mol. The van der Waals surface area contributed by atoms with Crippen LogP contribution in [0.25, 0.3) is 22.2 Å². The van der Waals surface area contributed by atoms with Gasteiger partial charge in [-0.05, 0) is 54.1 Å². The third-order valence-corrected chi connectivity index (χ3v) is 7.62. The topological polar surface area (TPSA) is 106 Å². The third-order valence-electron chi connectivity index (χ3n) is 5.82. The van der Waals surface area contributed by atoms with Crippen molar-refractivity contribution in [2.24, 2.45) is 0 Å². The number of nitrogens with one attached hydrogen (secondary N) is 2. The first-order chi connectivity index (χ1) is 18.8. The Kier molecular flexibility index (Phi) is 8.10. The van der Waals surface area contributed by atoms with Crippen molar-refractivity contribution in [3.05, 3.63) is 94.8 Å². The van der Waals surface area contributed by atoms with Crippen LogP contribution in [0, 0.1) is 5.82 Å². The van der Waals surface area contributed by atoms with E-state index in [-0.39, 0.29) is 18.2 Å². The number of halogens is 1. The normalized spacial score (nSPS) is 11.5. The molecule has 0 unspecified atom stereocenters. The Morgan fingerprint density at radius 3 is 2.67 bits per heavy atom. The van der Waals surface area contributed by atoms with Crippen LogP contribution in [0.4, 0.5) is 15.9 Å². The molecule has 2 heterocycles. The second-order valence-electron chi connectivity index (χ2n) is 8.96. The van der Waals surface area contributed by atoms with Gasteiger partial charge in [-0.15, -0.1) is 11.3 Å². The first kappa shape index (κ1) is 26.7. The summed E-state index contributed by atoms with van der Waals surface area (Å²) in [4.78, 5) is 13.5. The largest absolute Gasteiger partial charge is 0.489 e. The molecule has 0 spiro atoms. The average molecular weight is 564 g/mol. The molecule has 5 aromatic rings. The number of anilines is 2. The maximum atomic E-state index is 13.4. The van der Waals surface area contributed by atoms with Crippen molar-refractivity contribution in [3.8, 4) is 17.0 Å². The van der Waals surface area contributed by atoms with Gasteiger partial charge in [-0.1, -0.05) is 18.2 Å². The number of hydrogen-bond acceptors (Lipinski definition) is 9. The lowest BCUT2D eigenvalue weighted by atomic mass is 10.1. The third kappa shape index (κ3) is 7.34. The summed E-state index contributed by atoms with van der Waals surface area (Å²) in [5, 5.41) is 10.2. The highest BCUT2D eigenvalue weighted by Crippen LogP contribution is 2.29. The van der Waals surface area contributed by atoms with Crippen LogP contribution in [0.5, 0.6) is 5.75 Å². The highest BCUT2D eigenvalue weighted by molar-refractivity contribution is 7.90. The Bertz CT molecular complexity index is 1690. The molecule has 0 amide bonds. The van der Waals surface area contributed by atoms with Gasteiger partial charge >= 0.3 is 0 Å². The van der Waals surface area contributed by atoms with Crippen molar-refractivity contribution < 1.29 is 17.5 Å².